The van der Waals surface area contributed by atoms with Crippen LogP contribution in [-0.2, 0) is 4.79 Å². The third-order valence-corrected chi connectivity index (χ3v) is 4.96. The summed E-state index contributed by atoms with van der Waals surface area (Å²) < 4.78 is 1.29. The first-order chi connectivity index (χ1) is 12.5. The molecule has 1 fully saturated rings. The number of amides is 1. The zero-order valence-corrected chi connectivity index (χ0v) is 16.6. The van der Waals surface area contributed by atoms with Gasteiger partial charge in [-0.25, -0.2) is 0 Å². The van der Waals surface area contributed by atoms with E-state index in [1.807, 2.05) is 30.0 Å². The number of anilines is 1. The number of carbonyl (C=O) groups is 1. The van der Waals surface area contributed by atoms with Crippen molar-refractivity contribution in [2.75, 3.05) is 37.6 Å². The van der Waals surface area contributed by atoms with Crippen LogP contribution in [0.5, 0.6) is 0 Å². The molecule has 27 heavy (non-hydrogen) atoms. The molecular formula is C18H23Cl2N5O2. The summed E-state index contributed by atoms with van der Waals surface area (Å²) in [5, 5.41) is 4.40. The van der Waals surface area contributed by atoms with E-state index in [0.29, 0.717) is 44.1 Å². The third kappa shape index (κ3) is 4.43. The summed E-state index contributed by atoms with van der Waals surface area (Å²) in [6.45, 7) is 4.51. The molecule has 0 aliphatic carbocycles. The second-order valence-electron chi connectivity index (χ2n) is 6.35. The largest absolute Gasteiger partial charge is 0.365 e. The fourth-order valence-electron chi connectivity index (χ4n) is 2.98. The SMILES string of the molecule is CC(CN)C(=O)N1CCN(c2cnn(-c3ccccc3)c(=O)c2Cl)CC1.Cl. The summed E-state index contributed by atoms with van der Waals surface area (Å²) >= 11 is 6.34. The molecule has 1 amide bonds. The zero-order valence-electron chi connectivity index (χ0n) is 15.0. The lowest BCUT2D eigenvalue weighted by Crippen LogP contribution is -2.51. The fourth-order valence-corrected chi connectivity index (χ4v) is 3.23. The maximum Gasteiger partial charge on any atom is 0.292 e. The molecular weight excluding hydrogens is 389 g/mol. The van der Waals surface area contributed by atoms with Crippen LogP contribution in [0, 0.1) is 5.92 Å². The molecule has 9 heteroatoms. The Hall–Kier alpha value is -2.09. The number of halogens is 2. The van der Waals surface area contributed by atoms with Gasteiger partial charge in [0.2, 0.25) is 5.91 Å². The molecule has 1 aliphatic heterocycles. The Labute approximate surface area is 169 Å². The Morgan fingerprint density at radius 3 is 2.44 bits per heavy atom. The summed E-state index contributed by atoms with van der Waals surface area (Å²) in [6, 6.07) is 9.14. The molecule has 1 aliphatic rings. The first-order valence-electron chi connectivity index (χ1n) is 8.60. The Morgan fingerprint density at radius 2 is 1.85 bits per heavy atom. The van der Waals surface area contributed by atoms with Crippen LogP contribution in [0.15, 0.2) is 41.3 Å². The summed E-state index contributed by atoms with van der Waals surface area (Å²) in [5.74, 6) is -0.113. The Bertz CT molecular complexity index is 835. The van der Waals surface area contributed by atoms with Gasteiger partial charge in [0.25, 0.3) is 5.56 Å². The predicted octanol–water partition coefficient (Wildman–Crippen LogP) is 1.55. The molecule has 1 unspecified atom stereocenters. The number of rotatable bonds is 4. The van der Waals surface area contributed by atoms with Crippen LogP contribution < -0.4 is 16.2 Å². The van der Waals surface area contributed by atoms with Crippen molar-refractivity contribution in [2.45, 2.75) is 6.92 Å². The van der Waals surface area contributed by atoms with E-state index >= 15 is 0 Å². The Balaban J connectivity index is 0.00000261. The first-order valence-corrected chi connectivity index (χ1v) is 8.97. The number of hydrogen-bond acceptors (Lipinski definition) is 5. The van der Waals surface area contributed by atoms with Crippen LogP contribution in [0.25, 0.3) is 5.69 Å². The second-order valence-corrected chi connectivity index (χ2v) is 6.72. The number of para-hydroxylation sites is 1. The van der Waals surface area contributed by atoms with Crippen molar-refractivity contribution in [3.63, 3.8) is 0 Å². The van der Waals surface area contributed by atoms with Crippen LogP contribution in [0.2, 0.25) is 5.02 Å². The van der Waals surface area contributed by atoms with Gasteiger partial charge in [-0.3, -0.25) is 9.59 Å². The monoisotopic (exact) mass is 411 g/mol. The van der Waals surface area contributed by atoms with Gasteiger partial charge < -0.3 is 15.5 Å². The van der Waals surface area contributed by atoms with Crippen molar-refractivity contribution in [1.29, 1.82) is 0 Å². The molecule has 2 aromatic rings. The van der Waals surface area contributed by atoms with Crippen molar-refractivity contribution in [3.05, 3.63) is 51.9 Å². The van der Waals surface area contributed by atoms with Crippen LogP contribution in [0.3, 0.4) is 0 Å². The summed E-state index contributed by atoms with van der Waals surface area (Å²) in [4.78, 5) is 28.6. The molecule has 146 valence electrons. The number of piperazine rings is 1. The number of nitrogens with zero attached hydrogens (tertiary/aromatic N) is 4. The van der Waals surface area contributed by atoms with Gasteiger partial charge in [-0.15, -0.1) is 12.4 Å². The van der Waals surface area contributed by atoms with Crippen LogP contribution in [0.4, 0.5) is 5.69 Å². The van der Waals surface area contributed by atoms with Crippen LogP contribution in [0.1, 0.15) is 6.92 Å². The topological polar surface area (TPSA) is 84.5 Å². The summed E-state index contributed by atoms with van der Waals surface area (Å²) in [7, 11) is 0. The molecule has 1 aromatic carbocycles. The highest BCUT2D eigenvalue weighted by Crippen LogP contribution is 2.23. The molecule has 1 atom stereocenters. The van der Waals surface area contributed by atoms with Crippen molar-refractivity contribution in [3.8, 4) is 5.69 Å². The third-order valence-electron chi connectivity index (χ3n) is 4.61. The maximum atomic E-state index is 12.6. The van der Waals surface area contributed by atoms with Gasteiger partial charge in [-0.05, 0) is 12.1 Å². The molecule has 1 saturated heterocycles. The number of nitrogens with two attached hydrogens (primary N) is 1. The van der Waals surface area contributed by atoms with E-state index in [1.54, 1.807) is 23.2 Å². The van der Waals surface area contributed by atoms with Crippen LogP contribution >= 0.6 is 24.0 Å². The van der Waals surface area contributed by atoms with Gasteiger partial charge in [0.15, 0.2) is 0 Å². The van der Waals surface area contributed by atoms with E-state index in [2.05, 4.69) is 5.10 Å². The minimum Gasteiger partial charge on any atom is -0.365 e. The van der Waals surface area contributed by atoms with Crippen LogP contribution in [-0.4, -0.2) is 53.3 Å². The van der Waals surface area contributed by atoms with Gasteiger partial charge in [0.05, 0.1) is 17.6 Å². The molecule has 0 bridgehead atoms. The number of carbonyl (C=O) groups excluding carboxylic acids is 1. The molecule has 0 saturated carbocycles. The number of benzene rings is 1. The lowest BCUT2D eigenvalue weighted by Gasteiger charge is -2.37. The predicted molar refractivity (Wildman–Crippen MR) is 109 cm³/mol. The van der Waals surface area contributed by atoms with Crippen molar-refractivity contribution >= 4 is 35.6 Å². The normalized spacial score (nSPS) is 15.2. The average Bonchev–Trinajstić information content (AvgIpc) is 2.69. The standard InChI is InChI=1S/C18H22ClN5O2.ClH/c1-13(11-20)17(25)23-9-7-22(8-10-23)15-12-21-24(18(26)16(15)19)14-5-3-2-4-6-14;/h2-6,12-13H,7-11,20H2,1H3;1H. The zero-order chi connectivity index (χ0) is 18.7. The highest BCUT2D eigenvalue weighted by molar-refractivity contribution is 6.33. The van der Waals surface area contributed by atoms with Crippen molar-refractivity contribution < 1.29 is 4.79 Å². The quantitative estimate of drug-likeness (QED) is 0.824. The van der Waals surface area contributed by atoms with Crippen molar-refractivity contribution in [1.82, 2.24) is 14.7 Å². The highest BCUT2D eigenvalue weighted by atomic mass is 35.5. The van der Waals surface area contributed by atoms with Gasteiger partial charge in [0.1, 0.15) is 5.02 Å². The maximum absolute atomic E-state index is 12.6. The van der Waals surface area contributed by atoms with E-state index in [1.165, 1.54) is 4.68 Å². The van der Waals surface area contributed by atoms with Gasteiger partial charge >= 0.3 is 0 Å². The fraction of sp³-hybridized carbons (Fsp3) is 0.389. The summed E-state index contributed by atoms with van der Waals surface area (Å²) in [6.07, 6.45) is 1.61. The Morgan fingerprint density at radius 1 is 1.22 bits per heavy atom. The van der Waals surface area contributed by atoms with E-state index in [4.69, 9.17) is 17.3 Å². The molecule has 7 nitrogen and oxygen atoms in total. The molecule has 3 rings (SSSR count). The average molecular weight is 412 g/mol. The number of aromatic nitrogens is 2. The molecule has 2 N–H and O–H groups in total. The molecule has 2 heterocycles. The Kier molecular flexibility index (Phi) is 7.24. The highest BCUT2D eigenvalue weighted by Gasteiger charge is 2.26. The minimum atomic E-state index is -0.356. The molecule has 0 radical (unpaired) electrons. The van der Waals surface area contributed by atoms with E-state index in [9.17, 15) is 9.59 Å². The number of hydrogen-bond donors (Lipinski definition) is 1. The van der Waals surface area contributed by atoms with E-state index < -0.39 is 0 Å². The first kappa shape index (κ1) is 21.2. The van der Waals surface area contributed by atoms with E-state index in [-0.39, 0.29) is 34.8 Å². The summed E-state index contributed by atoms with van der Waals surface area (Å²) in [5.41, 5.74) is 6.48. The smallest absolute Gasteiger partial charge is 0.292 e. The lowest BCUT2D eigenvalue weighted by molar-refractivity contribution is -0.134. The van der Waals surface area contributed by atoms with E-state index in [0.717, 1.165) is 0 Å². The molecule has 1 aromatic heterocycles. The van der Waals surface area contributed by atoms with Gasteiger partial charge in [-0.1, -0.05) is 36.7 Å². The lowest BCUT2D eigenvalue weighted by atomic mass is 10.1. The minimum absolute atomic E-state index is 0. The van der Waals surface area contributed by atoms with Crippen molar-refractivity contribution in [2.24, 2.45) is 11.7 Å². The van der Waals surface area contributed by atoms with Gasteiger partial charge in [-0.2, -0.15) is 9.78 Å². The van der Waals surface area contributed by atoms with Gasteiger partial charge in [0, 0.05) is 38.6 Å². The second kappa shape index (κ2) is 9.21. The molecule has 0 spiro atoms.